The van der Waals surface area contributed by atoms with Gasteiger partial charge in [0.05, 0.1) is 18.2 Å². The number of hydrogen-bond donors (Lipinski definition) is 2. The van der Waals surface area contributed by atoms with E-state index < -0.39 is 6.04 Å². The number of carbonyl (C=O) groups excluding carboxylic acids is 2. The number of anilines is 1. The second-order valence-electron chi connectivity index (χ2n) is 9.62. The van der Waals surface area contributed by atoms with Crippen LogP contribution >= 0.6 is 12.2 Å². The fourth-order valence-corrected chi connectivity index (χ4v) is 4.75. The van der Waals surface area contributed by atoms with E-state index in [2.05, 4.69) is 17.6 Å². The smallest absolute Gasteiger partial charge is 0.338 e. The van der Waals surface area contributed by atoms with Crippen LogP contribution in [0, 0.1) is 0 Å². The lowest BCUT2D eigenvalue weighted by Crippen LogP contribution is -2.46. The molecule has 2 rings (SSSR count). The van der Waals surface area contributed by atoms with E-state index in [-0.39, 0.29) is 11.9 Å². The summed E-state index contributed by atoms with van der Waals surface area (Å²) >= 11 is 5.44. The van der Waals surface area contributed by atoms with Crippen LogP contribution < -0.4 is 10.6 Å². The molecule has 1 aromatic carbocycles. The fourth-order valence-electron chi connectivity index (χ4n) is 4.49. The molecule has 0 bridgehead atoms. The standard InChI is InChI=1S/C29H45N3O3S/c1-5-7-8-9-10-11-12-13-14-15-16-17-25(33)30-24-20-18-23(19-21-24)27-26(28(34)35-6-2)22(3)32(4)29(36)31-27/h18-21,27H,5-17H2,1-4H3,(H,30,33)(H,31,36). The van der Waals surface area contributed by atoms with Crippen LogP contribution in [0.3, 0.4) is 0 Å². The Labute approximate surface area is 223 Å². The monoisotopic (exact) mass is 515 g/mol. The minimum Gasteiger partial charge on any atom is -0.463 e. The molecule has 0 spiro atoms. The van der Waals surface area contributed by atoms with Gasteiger partial charge in [-0.25, -0.2) is 4.79 Å². The molecule has 1 atom stereocenters. The van der Waals surface area contributed by atoms with Gasteiger partial charge in [0.2, 0.25) is 5.91 Å². The van der Waals surface area contributed by atoms with E-state index in [0.717, 1.165) is 29.8 Å². The number of esters is 1. The number of allylic oxidation sites excluding steroid dienone is 1. The number of unbranched alkanes of at least 4 members (excludes halogenated alkanes) is 10. The van der Waals surface area contributed by atoms with Crippen molar-refractivity contribution in [3.63, 3.8) is 0 Å². The van der Waals surface area contributed by atoms with Gasteiger partial charge in [0, 0.05) is 24.9 Å². The van der Waals surface area contributed by atoms with Crippen molar-refractivity contribution in [2.75, 3.05) is 19.0 Å². The molecular weight excluding hydrogens is 470 g/mol. The maximum Gasteiger partial charge on any atom is 0.338 e. The van der Waals surface area contributed by atoms with E-state index in [4.69, 9.17) is 17.0 Å². The summed E-state index contributed by atoms with van der Waals surface area (Å²) in [4.78, 5) is 26.8. The first kappa shape index (κ1) is 29.8. The molecule has 1 heterocycles. The highest BCUT2D eigenvalue weighted by molar-refractivity contribution is 7.80. The van der Waals surface area contributed by atoms with Crippen LogP contribution in [0.1, 0.15) is 109 Å². The quantitative estimate of drug-likeness (QED) is 0.140. The molecule has 1 unspecified atom stereocenters. The fraction of sp³-hybridized carbons (Fsp3) is 0.621. The molecule has 0 aromatic heterocycles. The number of benzene rings is 1. The van der Waals surface area contributed by atoms with Gasteiger partial charge in [0.15, 0.2) is 5.11 Å². The molecule has 36 heavy (non-hydrogen) atoms. The number of nitrogens with zero attached hydrogens (tertiary/aromatic N) is 1. The molecule has 0 radical (unpaired) electrons. The van der Waals surface area contributed by atoms with Gasteiger partial charge in [0.25, 0.3) is 0 Å². The number of amides is 1. The number of rotatable bonds is 16. The Hall–Kier alpha value is -2.41. The van der Waals surface area contributed by atoms with Crippen molar-refractivity contribution >= 4 is 34.9 Å². The van der Waals surface area contributed by atoms with Gasteiger partial charge in [0.1, 0.15) is 0 Å². The number of nitrogens with one attached hydrogen (secondary N) is 2. The normalized spacial score (nSPS) is 15.6. The summed E-state index contributed by atoms with van der Waals surface area (Å²) in [5.74, 6) is -0.313. The topological polar surface area (TPSA) is 70.7 Å². The van der Waals surface area contributed by atoms with Crippen molar-refractivity contribution in [3.05, 3.63) is 41.1 Å². The number of thiocarbonyl (C=S) groups is 1. The average molecular weight is 516 g/mol. The largest absolute Gasteiger partial charge is 0.463 e. The van der Waals surface area contributed by atoms with Gasteiger partial charge in [-0.1, -0.05) is 83.3 Å². The zero-order valence-corrected chi connectivity index (χ0v) is 23.5. The molecule has 0 fully saturated rings. The first-order chi connectivity index (χ1) is 17.4. The van der Waals surface area contributed by atoms with E-state index in [1.54, 1.807) is 11.8 Å². The van der Waals surface area contributed by atoms with Crippen LogP contribution in [0.25, 0.3) is 0 Å². The molecule has 0 saturated heterocycles. The first-order valence-electron chi connectivity index (χ1n) is 13.7. The van der Waals surface area contributed by atoms with Crippen LogP contribution in [0.2, 0.25) is 0 Å². The van der Waals surface area contributed by atoms with Crippen molar-refractivity contribution < 1.29 is 14.3 Å². The number of ether oxygens (including phenoxy) is 1. The van der Waals surface area contributed by atoms with Gasteiger partial charge < -0.3 is 20.3 Å². The van der Waals surface area contributed by atoms with Crippen molar-refractivity contribution in [2.24, 2.45) is 0 Å². The van der Waals surface area contributed by atoms with Crippen molar-refractivity contribution in [1.82, 2.24) is 10.2 Å². The molecule has 2 N–H and O–H groups in total. The van der Waals surface area contributed by atoms with Crippen LogP contribution in [-0.4, -0.2) is 35.5 Å². The summed E-state index contributed by atoms with van der Waals surface area (Å²) in [7, 11) is 1.83. The van der Waals surface area contributed by atoms with Crippen molar-refractivity contribution in [2.45, 2.75) is 104 Å². The number of hydrogen-bond acceptors (Lipinski definition) is 4. The van der Waals surface area contributed by atoms with Gasteiger partial charge in [-0.3, -0.25) is 4.79 Å². The van der Waals surface area contributed by atoms with E-state index in [9.17, 15) is 9.59 Å². The minimum atomic E-state index is -0.395. The molecule has 1 amide bonds. The molecule has 7 heteroatoms. The van der Waals surface area contributed by atoms with Gasteiger partial charge >= 0.3 is 5.97 Å². The zero-order valence-electron chi connectivity index (χ0n) is 22.7. The van der Waals surface area contributed by atoms with Crippen LogP contribution in [0.15, 0.2) is 35.5 Å². The molecule has 0 saturated carbocycles. The van der Waals surface area contributed by atoms with Crippen LogP contribution in [-0.2, 0) is 14.3 Å². The lowest BCUT2D eigenvalue weighted by molar-refractivity contribution is -0.139. The summed E-state index contributed by atoms with van der Waals surface area (Å²) in [5, 5.41) is 6.78. The molecule has 1 aliphatic heterocycles. The third kappa shape index (κ3) is 9.57. The second-order valence-corrected chi connectivity index (χ2v) is 10.0. The Morgan fingerprint density at radius 2 is 1.50 bits per heavy atom. The van der Waals surface area contributed by atoms with E-state index in [1.165, 1.54) is 57.8 Å². The molecule has 0 aliphatic carbocycles. The third-order valence-corrected chi connectivity index (χ3v) is 7.18. The zero-order chi connectivity index (χ0) is 26.3. The summed E-state index contributed by atoms with van der Waals surface area (Å²) in [6.07, 6.45) is 14.5. The lowest BCUT2D eigenvalue weighted by Gasteiger charge is -2.35. The lowest BCUT2D eigenvalue weighted by atomic mass is 9.95. The van der Waals surface area contributed by atoms with Crippen LogP contribution in [0.5, 0.6) is 0 Å². The Bertz CT molecular complexity index is 882. The first-order valence-corrected chi connectivity index (χ1v) is 14.1. The van der Waals surface area contributed by atoms with Gasteiger partial charge in [-0.15, -0.1) is 0 Å². The second kappa shape index (κ2) is 16.4. The Morgan fingerprint density at radius 1 is 0.944 bits per heavy atom. The van der Waals surface area contributed by atoms with Crippen molar-refractivity contribution in [3.8, 4) is 0 Å². The summed E-state index contributed by atoms with van der Waals surface area (Å²) in [6.45, 7) is 6.22. The molecule has 1 aromatic rings. The molecule has 200 valence electrons. The predicted octanol–water partition coefficient (Wildman–Crippen LogP) is 7.02. The van der Waals surface area contributed by atoms with E-state index in [1.807, 2.05) is 38.2 Å². The maximum atomic E-state index is 12.7. The van der Waals surface area contributed by atoms with E-state index in [0.29, 0.717) is 23.7 Å². The summed E-state index contributed by atoms with van der Waals surface area (Å²) < 4.78 is 5.29. The average Bonchev–Trinajstić information content (AvgIpc) is 2.86. The van der Waals surface area contributed by atoms with Crippen molar-refractivity contribution in [1.29, 1.82) is 0 Å². The summed E-state index contributed by atoms with van der Waals surface area (Å²) in [6, 6.07) is 7.17. The number of carbonyl (C=O) groups is 2. The molecular formula is C29H45N3O3S. The summed E-state index contributed by atoms with van der Waals surface area (Å²) in [5.41, 5.74) is 2.95. The Morgan fingerprint density at radius 3 is 2.06 bits per heavy atom. The highest BCUT2D eigenvalue weighted by Gasteiger charge is 2.33. The maximum absolute atomic E-state index is 12.7. The van der Waals surface area contributed by atoms with Gasteiger partial charge in [-0.05, 0) is 50.2 Å². The molecule has 6 nitrogen and oxygen atoms in total. The Kier molecular flexibility index (Phi) is 13.5. The SMILES string of the molecule is CCCCCCCCCCCCCC(=O)Nc1ccc(C2NC(=S)N(C)C(C)=C2C(=O)OCC)cc1. The Balaban J connectivity index is 1.77. The third-order valence-electron chi connectivity index (χ3n) is 6.78. The van der Waals surface area contributed by atoms with Crippen LogP contribution in [0.4, 0.5) is 5.69 Å². The predicted molar refractivity (Wildman–Crippen MR) is 152 cm³/mol. The highest BCUT2D eigenvalue weighted by atomic mass is 32.1. The molecule has 1 aliphatic rings. The van der Waals surface area contributed by atoms with E-state index >= 15 is 0 Å². The van der Waals surface area contributed by atoms with Gasteiger partial charge in [-0.2, -0.15) is 0 Å². The minimum absolute atomic E-state index is 0.0419. The highest BCUT2D eigenvalue weighted by Crippen LogP contribution is 2.31.